The molecule has 6 N–H and O–H groups in total. The SMILES string of the molecule is CCCCCCCCCCCC(=O)c1ccc(C)cc1O.CCCCCCCCCCCC(=O)c1ccc(C)cc1O.NCCN. The third-order valence-electron chi connectivity index (χ3n) is 8.09. The Morgan fingerprint density at radius 3 is 1.04 bits per heavy atom. The van der Waals surface area contributed by atoms with Crippen molar-refractivity contribution in [3.63, 3.8) is 0 Å². The van der Waals surface area contributed by atoms with Crippen LogP contribution >= 0.6 is 0 Å². The number of hydrogen-bond acceptors (Lipinski definition) is 6. The van der Waals surface area contributed by atoms with Crippen molar-refractivity contribution in [3.8, 4) is 11.5 Å². The maximum Gasteiger partial charge on any atom is 0.166 e. The number of rotatable bonds is 23. The van der Waals surface area contributed by atoms with E-state index in [1.165, 1.54) is 89.9 Å². The van der Waals surface area contributed by atoms with Crippen molar-refractivity contribution < 1.29 is 19.8 Å². The summed E-state index contributed by atoms with van der Waals surface area (Å²) in [6.07, 6.45) is 23.6. The van der Waals surface area contributed by atoms with Crippen LogP contribution in [0.2, 0.25) is 0 Å². The van der Waals surface area contributed by atoms with Crippen molar-refractivity contribution in [2.24, 2.45) is 11.5 Å². The molecule has 0 saturated heterocycles. The monoisotopic (exact) mass is 641 g/mol. The molecule has 2 rings (SSSR count). The molecule has 0 atom stereocenters. The standard InChI is InChI=1S/2C19H30O2.C2H8N2/c2*1-3-4-5-6-7-8-9-10-11-12-18(20)17-14-13-16(2)15-19(17)21;3-1-2-4/h2*13-15,21H,3-12H2,1-2H3;1-4H2. The number of carbonyl (C=O) groups is 2. The second-order valence-electron chi connectivity index (χ2n) is 12.6. The van der Waals surface area contributed by atoms with E-state index in [9.17, 15) is 19.8 Å². The molecule has 46 heavy (non-hydrogen) atoms. The summed E-state index contributed by atoms with van der Waals surface area (Å²) < 4.78 is 0. The number of aryl methyl sites for hydroxylation is 2. The maximum absolute atomic E-state index is 12.0. The quantitative estimate of drug-likeness (QED) is 0.0707. The molecule has 6 heteroatoms. The first-order chi connectivity index (χ1) is 22.2. The van der Waals surface area contributed by atoms with Crippen molar-refractivity contribution in [1.82, 2.24) is 0 Å². The van der Waals surface area contributed by atoms with Crippen LogP contribution in [0.3, 0.4) is 0 Å². The molecular weight excluding hydrogens is 572 g/mol. The topological polar surface area (TPSA) is 127 Å². The fourth-order valence-corrected chi connectivity index (χ4v) is 5.22. The summed E-state index contributed by atoms with van der Waals surface area (Å²) >= 11 is 0. The number of benzene rings is 2. The van der Waals surface area contributed by atoms with Crippen LogP contribution in [0.5, 0.6) is 11.5 Å². The van der Waals surface area contributed by atoms with Gasteiger partial charge in [0.1, 0.15) is 11.5 Å². The van der Waals surface area contributed by atoms with E-state index in [0.717, 1.165) is 36.8 Å². The highest BCUT2D eigenvalue weighted by Crippen LogP contribution is 2.22. The largest absolute Gasteiger partial charge is 0.507 e. The molecule has 0 aliphatic carbocycles. The number of phenolic OH excluding ortho intramolecular Hbond substituents is 2. The molecule has 2 aromatic carbocycles. The first-order valence-electron chi connectivity index (χ1n) is 18.3. The van der Waals surface area contributed by atoms with Gasteiger partial charge in [0.25, 0.3) is 0 Å². The summed E-state index contributed by atoms with van der Waals surface area (Å²) in [7, 11) is 0. The third-order valence-corrected chi connectivity index (χ3v) is 8.09. The average Bonchev–Trinajstić information content (AvgIpc) is 3.03. The molecule has 6 nitrogen and oxygen atoms in total. The highest BCUT2D eigenvalue weighted by molar-refractivity contribution is 5.99. The molecule has 0 saturated carbocycles. The van der Waals surface area contributed by atoms with Crippen molar-refractivity contribution in [3.05, 3.63) is 58.7 Å². The summed E-state index contributed by atoms with van der Waals surface area (Å²) in [5, 5.41) is 19.6. The van der Waals surface area contributed by atoms with Gasteiger partial charge in [-0.3, -0.25) is 9.59 Å². The smallest absolute Gasteiger partial charge is 0.166 e. The predicted octanol–water partition coefficient (Wildman–Crippen LogP) is 10.5. The second-order valence-corrected chi connectivity index (χ2v) is 12.6. The molecule has 0 aromatic heterocycles. The lowest BCUT2D eigenvalue weighted by atomic mass is 10.0. The lowest BCUT2D eigenvalue weighted by Crippen LogP contribution is -2.11. The minimum atomic E-state index is 0.0652. The zero-order valence-electron chi connectivity index (χ0n) is 29.9. The van der Waals surface area contributed by atoms with E-state index in [0.29, 0.717) is 37.1 Å². The zero-order valence-corrected chi connectivity index (χ0v) is 29.9. The molecule has 0 aliphatic rings. The van der Waals surface area contributed by atoms with Gasteiger partial charge < -0.3 is 21.7 Å². The number of hydrogen-bond donors (Lipinski definition) is 4. The van der Waals surface area contributed by atoms with E-state index < -0.39 is 0 Å². The molecule has 0 fully saturated rings. The highest BCUT2D eigenvalue weighted by atomic mass is 16.3. The molecule has 0 spiro atoms. The third kappa shape index (κ3) is 22.7. The molecule has 0 unspecified atom stereocenters. The first kappa shape index (κ1) is 43.3. The molecule has 0 aliphatic heterocycles. The summed E-state index contributed by atoms with van der Waals surface area (Å²) in [5.41, 5.74) is 12.7. The highest BCUT2D eigenvalue weighted by Gasteiger charge is 2.11. The van der Waals surface area contributed by atoms with E-state index >= 15 is 0 Å². The Labute approximate surface area is 281 Å². The van der Waals surface area contributed by atoms with Crippen LogP contribution in [-0.2, 0) is 0 Å². The Kier molecular flexibility index (Phi) is 27.9. The Balaban J connectivity index is 0.000000788. The number of nitrogens with two attached hydrogens (primary N) is 2. The Morgan fingerprint density at radius 1 is 0.500 bits per heavy atom. The molecule has 0 bridgehead atoms. The van der Waals surface area contributed by atoms with Gasteiger partial charge in [-0.25, -0.2) is 0 Å². The number of unbranched alkanes of at least 4 members (excludes halogenated alkanes) is 16. The molecule has 2 aromatic rings. The fraction of sp³-hybridized carbons (Fsp3) is 0.650. The van der Waals surface area contributed by atoms with Gasteiger partial charge in [0.05, 0.1) is 11.1 Å². The molecule has 262 valence electrons. The Bertz CT molecular complexity index is 970. The van der Waals surface area contributed by atoms with Gasteiger partial charge >= 0.3 is 0 Å². The van der Waals surface area contributed by atoms with Gasteiger partial charge in [0.15, 0.2) is 11.6 Å². The van der Waals surface area contributed by atoms with Gasteiger partial charge in [-0.2, -0.15) is 0 Å². The van der Waals surface area contributed by atoms with Crippen LogP contribution in [-0.4, -0.2) is 34.9 Å². The molecule has 0 radical (unpaired) electrons. The summed E-state index contributed by atoms with van der Waals surface area (Å²) in [4.78, 5) is 24.0. The Hall–Kier alpha value is -2.70. The van der Waals surface area contributed by atoms with Crippen molar-refractivity contribution in [1.29, 1.82) is 0 Å². The van der Waals surface area contributed by atoms with E-state index in [2.05, 4.69) is 13.8 Å². The summed E-state index contributed by atoms with van der Waals surface area (Å²) in [5.74, 6) is 0.373. The normalized spacial score (nSPS) is 10.5. The minimum Gasteiger partial charge on any atom is -0.507 e. The van der Waals surface area contributed by atoms with Crippen molar-refractivity contribution in [2.75, 3.05) is 13.1 Å². The van der Waals surface area contributed by atoms with Crippen LogP contribution in [0.15, 0.2) is 36.4 Å². The number of aromatic hydroxyl groups is 2. The van der Waals surface area contributed by atoms with E-state index in [1.54, 1.807) is 24.3 Å². The molecular formula is C40H68N2O4. The summed E-state index contributed by atoms with van der Waals surface area (Å²) in [6.45, 7) is 9.49. The maximum atomic E-state index is 12.0. The van der Waals surface area contributed by atoms with Gasteiger partial charge in [-0.15, -0.1) is 0 Å². The minimum absolute atomic E-state index is 0.0652. The van der Waals surface area contributed by atoms with Gasteiger partial charge in [0.2, 0.25) is 0 Å². The van der Waals surface area contributed by atoms with Gasteiger partial charge in [-0.05, 0) is 62.1 Å². The molecule has 0 amide bonds. The van der Waals surface area contributed by atoms with E-state index in [1.807, 2.05) is 26.0 Å². The predicted molar refractivity (Wildman–Crippen MR) is 196 cm³/mol. The van der Waals surface area contributed by atoms with E-state index in [4.69, 9.17) is 11.5 Å². The van der Waals surface area contributed by atoms with Crippen LogP contribution in [0, 0.1) is 13.8 Å². The van der Waals surface area contributed by atoms with Crippen molar-refractivity contribution in [2.45, 2.75) is 156 Å². The first-order valence-corrected chi connectivity index (χ1v) is 18.3. The second kappa shape index (κ2) is 29.7. The number of ketones is 2. The average molecular weight is 641 g/mol. The van der Waals surface area contributed by atoms with Crippen LogP contribution < -0.4 is 11.5 Å². The number of carbonyl (C=O) groups excluding carboxylic acids is 2. The fourth-order valence-electron chi connectivity index (χ4n) is 5.22. The molecule has 0 heterocycles. The van der Waals surface area contributed by atoms with Crippen LogP contribution in [0.25, 0.3) is 0 Å². The van der Waals surface area contributed by atoms with Crippen molar-refractivity contribution >= 4 is 11.6 Å². The zero-order chi connectivity index (χ0) is 34.4. The lowest BCUT2D eigenvalue weighted by molar-refractivity contribution is 0.0968. The number of Topliss-reactive ketones (excluding diaryl/α,β-unsaturated/α-hetero) is 2. The Morgan fingerprint density at radius 2 is 0.783 bits per heavy atom. The van der Waals surface area contributed by atoms with Gasteiger partial charge in [-0.1, -0.05) is 129 Å². The van der Waals surface area contributed by atoms with E-state index in [-0.39, 0.29) is 23.1 Å². The van der Waals surface area contributed by atoms with Gasteiger partial charge in [0, 0.05) is 25.9 Å². The summed E-state index contributed by atoms with van der Waals surface area (Å²) in [6, 6.07) is 10.5. The van der Waals surface area contributed by atoms with Crippen LogP contribution in [0.4, 0.5) is 0 Å². The lowest BCUT2D eigenvalue weighted by Gasteiger charge is -2.05. The van der Waals surface area contributed by atoms with Crippen LogP contribution in [0.1, 0.15) is 174 Å². The number of phenols is 2.